The van der Waals surface area contributed by atoms with Gasteiger partial charge in [-0.25, -0.2) is 8.78 Å². The fraction of sp³-hybridized carbons (Fsp3) is 0.520. The van der Waals surface area contributed by atoms with E-state index >= 15 is 0 Å². The molecule has 170 valence electrons. The summed E-state index contributed by atoms with van der Waals surface area (Å²) in [5, 5.41) is 3.46. The lowest BCUT2D eigenvalue weighted by Gasteiger charge is -2.34. The van der Waals surface area contributed by atoms with E-state index in [1.54, 1.807) is 6.07 Å². The Labute approximate surface area is 185 Å². The number of nitrogens with one attached hydrogen (secondary N) is 1. The molecule has 3 rings (SSSR count). The van der Waals surface area contributed by atoms with Crippen molar-refractivity contribution in [2.75, 3.05) is 39.3 Å². The fourth-order valence-electron chi connectivity index (χ4n) is 4.17. The first kappa shape index (κ1) is 23.8. The van der Waals surface area contributed by atoms with Crippen molar-refractivity contribution in [3.8, 4) is 0 Å². The Bertz CT molecular complexity index is 789. The van der Waals surface area contributed by atoms with Crippen molar-refractivity contribution in [1.29, 1.82) is 0 Å². The molecule has 0 spiro atoms. The van der Waals surface area contributed by atoms with Gasteiger partial charge in [0.15, 0.2) is 0 Å². The number of nitrogens with zero attached hydrogens (tertiary/aromatic N) is 2. The second-order valence-corrected chi connectivity index (χ2v) is 8.41. The third-order valence-electron chi connectivity index (χ3n) is 6.18. The van der Waals surface area contributed by atoms with Crippen LogP contribution in [0.4, 0.5) is 8.78 Å². The summed E-state index contributed by atoms with van der Waals surface area (Å²) in [5.41, 5.74) is 8.60. The highest BCUT2D eigenvalue weighted by molar-refractivity contribution is 5.25. The number of likely N-dealkylation sites (N-methyl/N-ethyl adjacent to an activating group) is 1. The molecule has 3 N–H and O–H groups in total. The van der Waals surface area contributed by atoms with Crippen LogP contribution < -0.4 is 11.1 Å². The molecule has 1 unspecified atom stereocenters. The Morgan fingerprint density at radius 3 is 2.26 bits per heavy atom. The molecule has 0 aromatic heterocycles. The molecule has 1 fully saturated rings. The molecule has 0 aliphatic carbocycles. The summed E-state index contributed by atoms with van der Waals surface area (Å²) in [5.74, 6) is -1.04. The Hall–Kier alpha value is -1.86. The standard InChI is InChI=1S/C25H36F2N4/c1-2-30-13-15-31(16-14-30)19-21-8-6-20(7-9-21)18-29-25(5-3-4-12-28)23-11-10-22(26)17-24(23)27/h6-11,17,25,29H,2-5,12-16,18-19,28H2,1H3. The first-order chi connectivity index (χ1) is 15.1. The third kappa shape index (κ3) is 7.35. The Kier molecular flexibility index (Phi) is 9.40. The van der Waals surface area contributed by atoms with Crippen molar-refractivity contribution in [3.63, 3.8) is 0 Å². The van der Waals surface area contributed by atoms with Crippen LogP contribution in [0.25, 0.3) is 0 Å². The largest absolute Gasteiger partial charge is 0.330 e. The molecule has 1 heterocycles. The molecular weight excluding hydrogens is 394 g/mol. The van der Waals surface area contributed by atoms with Gasteiger partial charge in [0.2, 0.25) is 0 Å². The normalized spacial score (nSPS) is 16.5. The van der Waals surface area contributed by atoms with Gasteiger partial charge in [-0.1, -0.05) is 43.7 Å². The average molecular weight is 431 g/mol. The fourth-order valence-corrected chi connectivity index (χ4v) is 4.17. The molecule has 31 heavy (non-hydrogen) atoms. The van der Waals surface area contributed by atoms with Crippen molar-refractivity contribution < 1.29 is 8.78 Å². The van der Waals surface area contributed by atoms with E-state index in [0.717, 1.165) is 70.2 Å². The highest BCUT2D eigenvalue weighted by atomic mass is 19.1. The van der Waals surface area contributed by atoms with Crippen LogP contribution in [-0.2, 0) is 13.1 Å². The van der Waals surface area contributed by atoms with Gasteiger partial charge in [-0.3, -0.25) is 4.90 Å². The zero-order valence-corrected chi connectivity index (χ0v) is 18.6. The van der Waals surface area contributed by atoms with Crippen molar-refractivity contribution in [1.82, 2.24) is 15.1 Å². The topological polar surface area (TPSA) is 44.5 Å². The molecule has 0 bridgehead atoms. The van der Waals surface area contributed by atoms with Crippen molar-refractivity contribution >= 4 is 0 Å². The van der Waals surface area contributed by atoms with E-state index in [4.69, 9.17) is 5.73 Å². The highest BCUT2D eigenvalue weighted by Gasteiger charge is 2.17. The van der Waals surface area contributed by atoms with E-state index in [0.29, 0.717) is 18.7 Å². The monoisotopic (exact) mass is 430 g/mol. The zero-order chi connectivity index (χ0) is 22.1. The Balaban J connectivity index is 1.55. The van der Waals surface area contributed by atoms with E-state index in [1.165, 1.54) is 11.6 Å². The van der Waals surface area contributed by atoms with Gasteiger partial charge in [-0.05, 0) is 43.1 Å². The minimum Gasteiger partial charge on any atom is -0.330 e. The number of hydrogen-bond donors (Lipinski definition) is 2. The predicted molar refractivity (Wildman–Crippen MR) is 123 cm³/mol. The molecule has 4 nitrogen and oxygen atoms in total. The van der Waals surface area contributed by atoms with Crippen LogP contribution in [0.3, 0.4) is 0 Å². The summed E-state index contributed by atoms with van der Waals surface area (Å²) in [7, 11) is 0. The van der Waals surface area contributed by atoms with Crippen LogP contribution in [0.15, 0.2) is 42.5 Å². The van der Waals surface area contributed by atoms with Crippen molar-refractivity contribution in [2.24, 2.45) is 5.73 Å². The molecule has 1 aliphatic rings. The van der Waals surface area contributed by atoms with Gasteiger partial charge in [0.05, 0.1) is 0 Å². The quantitative estimate of drug-likeness (QED) is 0.528. The minimum absolute atomic E-state index is 0.165. The maximum Gasteiger partial charge on any atom is 0.130 e. The summed E-state index contributed by atoms with van der Waals surface area (Å²) in [4.78, 5) is 4.99. The van der Waals surface area contributed by atoms with Gasteiger partial charge < -0.3 is 16.0 Å². The lowest BCUT2D eigenvalue weighted by Crippen LogP contribution is -2.45. The maximum absolute atomic E-state index is 14.3. The summed E-state index contributed by atoms with van der Waals surface area (Å²) in [6.07, 6.45) is 2.55. The number of benzene rings is 2. The molecule has 2 aromatic carbocycles. The number of nitrogens with two attached hydrogens (primary N) is 1. The molecule has 6 heteroatoms. The average Bonchev–Trinajstić information content (AvgIpc) is 2.78. The van der Waals surface area contributed by atoms with Gasteiger partial charge >= 0.3 is 0 Å². The smallest absolute Gasteiger partial charge is 0.130 e. The van der Waals surface area contributed by atoms with Crippen LogP contribution in [0.2, 0.25) is 0 Å². The number of rotatable bonds is 11. The lowest BCUT2D eigenvalue weighted by molar-refractivity contribution is 0.132. The van der Waals surface area contributed by atoms with E-state index in [2.05, 4.69) is 46.3 Å². The molecular formula is C25H36F2N4. The van der Waals surface area contributed by atoms with E-state index in [-0.39, 0.29) is 6.04 Å². The minimum atomic E-state index is -0.548. The number of piperazine rings is 1. The van der Waals surface area contributed by atoms with Crippen LogP contribution in [0.5, 0.6) is 0 Å². The molecule has 1 aliphatic heterocycles. The molecule has 0 saturated carbocycles. The first-order valence-corrected chi connectivity index (χ1v) is 11.5. The maximum atomic E-state index is 14.3. The SMILES string of the molecule is CCN1CCN(Cc2ccc(CNC(CCCCN)c3ccc(F)cc3F)cc2)CC1. The molecule has 1 atom stereocenters. The van der Waals surface area contributed by atoms with Crippen LogP contribution in [0.1, 0.15) is 48.9 Å². The number of hydrogen-bond acceptors (Lipinski definition) is 4. The lowest BCUT2D eigenvalue weighted by atomic mass is 9.99. The summed E-state index contributed by atoms with van der Waals surface area (Å²) in [6.45, 7) is 10.1. The van der Waals surface area contributed by atoms with Gasteiger partial charge in [0, 0.05) is 56.9 Å². The first-order valence-electron chi connectivity index (χ1n) is 11.5. The number of unbranched alkanes of at least 4 members (excludes halogenated alkanes) is 1. The molecule has 1 saturated heterocycles. The number of halogens is 2. The van der Waals surface area contributed by atoms with Gasteiger partial charge in [-0.2, -0.15) is 0 Å². The Morgan fingerprint density at radius 1 is 0.935 bits per heavy atom. The molecule has 2 aromatic rings. The third-order valence-corrected chi connectivity index (χ3v) is 6.18. The summed E-state index contributed by atoms with van der Waals surface area (Å²) < 4.78 is 27.7. The van der Waals surface area contributed by atoms with E-state index in [1.807, 2.05) is 0 Å². The van der Waals surface area contributed by atoms with Crippen LogP contribution >= 0.6 is 0 Å². The van der Waals surface area contributed by atoms with Crippen LogP contribution in [0, 0.1) is 11.6 Å². The second kappa shape index (κ2) is 12.2. The summed E-state index contributed by atoms with van der Waals surface area (Å²) in [6, 6.07) is 12.3. The van der Waals surface area contributed by atoms with Gasteiger partial charge in [0.1, 0.15) is 11.6 Å². The van der Waals surface area contributed by atoms with Gasteiger partial charge in [-0.15, -0.1) is 0 Å². The van der Waals surface area contributed by atoms with E-state index < -0.39 is 11.6 Å². The molecule has 0 radical (unpaired) electrons. The van der Waals surface area contributed by atoms with Crippen molar-refractivity contribution in [2.45, 2.75) is 45.3 Å². The van der Waals surface area contributed by atoms with E-state index in [9.17, 15) is 8.78 Å². The molecule has 0 amide bonds. The Morgan fingerprint density at radius 2 is 1.61 bits per heavy atom. The van der Waals surface area contributed by atoms with Gasteiger partial charge in [0.25, 0.3) is 0 Å². The predicted octanol–water partition coefficient (Wildman–Crippen LogP) is 4.06. The highest BCUT2D eigenvalue weighted by Crippen LogP contribution is 2.24. The zero-order valence-electron chi connectivity index (χ0n) is 18.6. The van der Waals surface area contributed by atoms with Crippen LogP contribution in [-0.4, -0.2) is 49.1 Å². The van der Waals surface area contributed by atoms with Crippen molar-refractivity contribution in [3.05, 3.63) is 70.8 Å². The second-order valence-electron chi connectivity index (χ2n) is 8.41. The summed E-state index contributed by atoms with van der Waals surface area (Å²) >= 11 is 0.